The lowest BCUT2D eigenvalue weighted by Gasteiger charge is -2.15. The highest BCUT2D eigenvalue weighted by molar-refractivity contribution is 8.00. The summed E-state index contributed by atoms with van der Waals surface area (Å²) in [4.78, 5) is 0.528. The lowest BCUT2D eigenvalue weighted by Crippen LogP contribution is -2.04. The number of ether oxygens (including phenoxy) is 4. The molecule has 0 aliphatic heterocycles. The molecule has 0 heterocycles. The minimum Gasteiger partial charge on any atom is -0.503 e. The van der Waals surface area contributed by atoms with Crippen LogP contribution in [-0.2, 0) is 6.18 Å². The minimum atomic E-state index is -4.41. The van der Waals surface area contributed by atoms with E-state index in [1.165, 1.54) is 40.6 Å². The van der Waals surface area contributed by atoms with Crippen LogP contribution in [0.2, 0.25) is 0 Å². The first-order valence-electron chi connectivity index (χ1n) is 10.2. The van der Waals surface area contributed by atoms with Gasteiger partial charge in [-0.1, -0.05) is 12.2 Å². The summed E-state index contributed by atoms with van der Waals surface area (Å²) >= 11 is 1.06. The fourth-order valence-electron chi connectivity index (χ4n) is 3.20. The van der Waals surface area contributed by atoms with E-state index in [4.69, 9.17) is 18.9 Å². The van der Waals surface area contributed by atoms with Crippen molar-refractivity contribution < 1.29 is 37.2 Å². The molecular formula is C25H24F3NO5S. The van der Waals surface area contributed by atoms with Gasteiger partial charge in [0.05, 0.1) is 39.7 Å². The highest BCUT2D eigenvalue weighted by Crippen LogP contribution is 2.42. The third kappa shape index (κ3) is 6.07. The topological polar surface area (TPSA) is 69.2 Å². The summed E-state index contributed by atoms with van der Waals surface area (Å²) in [6, 6.07) is 11.6. The van der Waals surface area contributed by atoms with E-state index >= 15 is 0 Å². The molecule has 2 N–H and O–H groups in total. The van der Waals surface area contributed by atoms with Gasteiger partial charge in [-0.05, 0) is 66.0 Å². The molecule has 0 saturated heterocycles. The highest BCUT2D eigenvalue weighted by atomic mass is 32.2. The number of aromatic hydroxyl groups is 1. The monoisotopic (exact) mass is 507 g/mol. The molecule has 6 nitrogen and oxygen atoms in total. The smallest absolute Gasteiger partial charge is 0.416 e. The predicted octanol–water partition coefficient (Wildman–Crippen LogP) is 6.74. The number of methoxy groups -OCH3 is 4. The van der Waals surface area contributed by atoms with Crippen molar-refractivity contribution in [2.75, 3.05) is 33.2 Å². The third-order valence-electron chi connectivity index (χ3n) is 4.99. The van der Waals surface area contributed by atoms with E-state index in [9.17, 15) is 18.3 Å². The Kier molecular flexibility index (Phi) is 8.29. The van der Waals surface area contributed by atoms with E-state index in [1.807, 2.05) is 0 Å². The molecule has 35 heavy (non-hydrogen) atoms. The van der Waals surface area contributed by atoms with E-state index in [-0.39, 0.29) is 11.5 Å². The van der Waals surface area contributed by atoms with Crippen molar-refractivity contribution in [3.8, 4) is 28.7 Å². The van der Waals surface area contributed by atoms with E-state index in [2.05, 4.69) is 4.72 Å². The zero-order valence-electron chi connectivity index (χ0n) is 19.4. The van der Waals surface area contributed by atoms with Crippen LogP contribution in [0.4, 0.5) is 18.9 Å². The maximum absolute atomic E-state index is 12.8. The Morgan fingerprint density at radius 1 is 0.800 bits per heavy atom. The maximum Gasteiger partial charge on any atom is 0.416 e. The van der Waals surface area contributed by atoms with Crippen LogP contribution in [0.3, 0.4) is 0 Å². The summed E-state index contributed by atoms with van der Waals surface area (Å²) in [5.41, 5.74) is 0.950. The van der Waals surface area contributed by atoms with Crippen LogP contribution in [0, 0.1) is 0 Å². The number of hydrogen-bond donors (Lipinski definition) is 2. The zero-order valence-corrected chi connectivity index (χ0v) is 20.2. The highest BCUT2D eigenvalue weighted by Gasteiger charge is 2.30. The van der Waals surface area contributed by atoms with Gasteiger partial charge in [0.15, 0.2) is 23.0 Å². The lowest BCUT2D eigenvalue weighted by molar-refractivity contribution is -0.137. The van der Waals surface area contributed by atoms with Gasteiger partial charge in [-0.3, -0.25) is 0 Å². The van der Waals surface area contributed by atoms with Crippen LogP contribution >= 0.6 is 11.9 Å². The first-order chi connectivity index (χ1) is 16.7. The van der Waals surface area contributed by atoms with Crippen molar-refractivity contribution in [2.24, 2.45) is 0 Å². The Balaban J connectivity index is 1.91. The molecule has 3 aromatic carbocycles. The summed E-state index contributed by atoms with van der Waals surface area (Å²) < 4.78 is 62.8. The molecular weight excluding hydrogens is 483 g/mol. The number of hydrogen-bond acceptors (Lipinski definition) is 7. The van der Waals surface area contributed by atoms with Gasteiger partial charge in [-0.15, -0.1) is 0 Å². The average Bonchev–Trinajstić information content (AvgIpc) is 2.85. The average molecular weight is 508 g/mol. The first-order valence-corrected chi connectivity index (χ1v) is 11.0. The molecule has 0 saturated carbocycles. The van der Waals surface area contributed by atoms with Gasteiger partial charge in [-0.25, -0.2) is 0 Å². The van der Waals surface area contributed by atoms with Crippen molar-refractivity contribution in [2.45, 2.75) is 11.1 Å². The second-order valence-corrected chi connectivity index (χ2v) is 7.98. The zero-order chi connectivity index (χ0) is 25.6. The summed E-state index contributed by atoms with van der Waals surface area (Å²) in [5, 5.41) is 10.7. The largest absolute Gasteiger partial charge is 0.503 e. The molecule has 0 aliphatic rings. The fraction of sp³-hybridized carbons (Fsp3) is 0.200. The Morgan fingerprint density at radius 2 is 1.40 bits per heavy atom. The number of phenolic OH excluding ortho intramolecular Hbond substituents is 1. The number of rotatable bonds is 9. The number of nitrogens with one attached hydrogen (secondary N) is 1. The Morgan fingerprint density at radius 3 is 1.91 bits per heavy atom. The van der Waals surface area contributed by atoms with Gasteiger partial charge < -0.3 is 28.8 Å². The molecule has 3 aromatic rings. The molecule has 10 heteroatoms. The van der Waals surface area contributed by atoms with E-state index in [0.717, 1.165) is 29.6 Å². The van der Waals surface area contributed by atoms with Gasteiger partial charge in [0.2, 0.25) is 5.75 Å². The third-order valence-corrected chi connectivity index (χ3v) is 5.80. The van der Waals surface area contributed by atoms with Crippen molar-refractivity contribution in [3.63, 3.8) is 0 Å². The molecule has 0 radical (unpaired) electrons. The Labute approximate surface area is 205 Å². The predicted molar refractivity (Wildman–Crippen MR) is 131 cm³/mol. The summed E-state index contributed by atoms with van der Waals surface area (Å²) in [6.45, 7) is 0. The molecule has 0 amide bonds. The quantitative estimate of drug-likeness (QED) is 0.189. The molecule has 0 aromatic heterocycles. The Bertz CT molecular complexity index is 1170. The number of benzene rings is 3. The van der Waals surface area contributed by atoms with Crippen molar-refractivity contribution >= 4 is 29.8 Å². The molecule has 186 valence electrons. The number of phenols is 1. The summed E-state index contributed by atoms with van der Waals surface area (Å²) in [7, 11) is 5.98. The number of alkyl halides is 3. The second kappa shape index (κ2) is 11.2. The van der Waals surface area contributed by atoms with Crippen LogP contribution in [0.15, 0.2) is 53.4 Å². The van der Waals surface area contributed by atoms with Crippen LogP contribution in [0.5, 0.6) is 28.7 Å². The first kappa shape index (κ1) is 26.0. The number of anilines is 1. The van der Waals surface area contributed by atoms with Crippen LogP contribution < -0.4 is 23.7 Å². The van der Waals surface area contributed by atoms with Gasteiger partial charge in [-0.2, -0.15) is 13.2 Å². The van der Waals surface area contributed by atoms with Gasteiger partial charge in [0.1, 0.15) is 0 Å². The lowest BCUT2D eigenvalue weighted by atomic mass is 10.1. The van der Waals surface area contributed by atoms with Crippen LogP contribution in [0.1, 0.15) is 16.7 Å². The molecule has 0 fully saturated rings. The minimum absolute atomic E-state index is 0.140. The van der Waals surface area contributed by atoms with Crippen molar-refractivity contribution in [1.82, 2.24) is 0 Å². The normalized spacial score (nSPS) is 11.4. The van der Waals surface area contributed by atoms with Gasteiger partial charge >= 0.3 is 6.18 Å². The molecule has 0 spiro atoms. The molecule has 3 rings (SSSR count). The van der Waals surface area contributed by atoms with Crippen molar-refractivity contribution in [3.05, 3.63) is 65.2 Å². The van der Waals surface area contributed by atoms with Crippen molar-refractivity contribution in [1.29, 1.82) is 0 Å². The molecule has 0 atom stereocenters. The van der Waals surface area contributed by atoms with Crippen LogP contribution in [0.25, 0.3) is 12.2 Å². The SMILES string of the molecule is COc1ccc(/C=C\c2cc(OC)c(OC)c(OC)c2)c(NSc2ccc(C(F)(F)F)cc2)c1O. The fourth-order valence-corrected chi connectivity index (χ4v) is 3.91. The van der Waals surface area contributed by atoms with Gasteiger partial charge in [0, 0.05) is 10.5 Å². The van der Waals surface area contributed by atoms with Gasteiger partial charge in [0.25, 0.3) is 0 Å². The molecule has 0 aliphatic carbocycles. The molecule has 0 bridgehead atoms. The molecule has 0 unspecified atom stereocenters. The van der Waals surface area contributed by atoms with E-state index < -0.39 is 11.7 Å². The van der Waals surface area contributed by atoms with E-state index in [0.29, 0.717) is 33.4 Å². The number of halogens is 3. The van der Waals surface area contributed by atoms with Crippen LogP contribution in [-0.4, -0.2) is 33.5 Å². The summed E-state index contributed by atoms with van der Waals surface area (Å²) in [5.74, 6) is 1.54. The Hall–Kier alpha value is -3.66. The van der Waals surface area contributed by atoms with E-state index in [1.54, 1.807) is 36.4 Å². The standard InChI is InChI=1S/C25H24F3NO5S/c1-31-19-12-7-16(6-5-15-13-20(32-2)24(34-4)21(14-15)33-3)22(23(19)30)29-35-18-10-8-17(9-11-18)25(26,27)28/h5-14,29-30H,1-4H3/b6-5-. The maximum atomic E-state index is 12.8. The summed E-state index contributed by atoms with van der Waals surface area (Å²) in [6.07, 6.45) is -0.859. The second-order valence-electron chi connectivity index (χ2n) is 7.10.